The van der Waals surface area contributed by atoms with Crippen molar-refractivity contribution in [3.63, 3.8) is 0 Å². The number of ether oxygens (including phenoxy) is 1. The predicted octanol–water partition coefficient (Wildman–Crippen LogP) is -2.96. The Morgan fingerprint density at radius 2 is 1.94 bits per heavy atom. The first-order valence-corrected chi connectivity index (χ1v) is 5.43. The van der Waals surface area contributed by atoms with E-state index in [9.17, 15) is 24.9 Å². The maximum absolute atomic E-state index is 11.5. The van der Waals surface area contributed by atoms with Gasteiger partial charge in [-0.2, -0.15) is 0 Å². The van der Waals surface area contributed by atoms with Crippen molar-refractivity contribution in [2.24, 2.45) is 5.92 Å². The molecule has 1 aliphatic rings. The summed E-state index contributed by atoms with van der Waals surface area (Å²) in [4.78, 5) is 22.6. The fourth-order valence-electron chi connectivity index (χ4n) is 1.78. The Balaban J connectivity index is 2.71. The fraction of sp³-hybridized carbons (Fsp3) is 0.800. The van der Waals surface area contributed by atoms with Crippen LogP contribution in [-0.4, -0.2) is 75.9 Å². The van der Waals surface area contributed by atoms with E-state index >= 15 is 0 Å². The number of amides is 2. The molecular formula is C10H17NO7. The maximum atomic E-state index is 11.5. The van der Waals surface area contributed by atoms with E-state index in [-0.39, 0.29) is 6.42 Å². The van der Waals surface area contributed by atoms with Crippen LogP contribution in [0, 0.1) is 5.92 Å². The molecular weight excluding hydrogens is 246 g/mol. The molecule has 0 saturated carbocycles. The van der Waals surface area contributed by atoms with Gasteiger partial charge in [-0.05, 0) is 0 Å². The van der Waals surface area contributed by atoms with Crippen LogP contribution in [0.25, 0.3) is 0 Å². The van der Waals surface area contributed by atoms with Gasteiger partial charge in [0.25, 0.3) is 0 Å². The summed E-state index contributed by atoms with van der Waals surface area (Å²) in [6.07, 6.45) is -5.48. The van der Waals surface area contributed by atoms with Crippen molar-refractivity contribution in [3.8, 4) is 0 Å². The predicted molar refractivity (Wildman–Crippen MR) is 56.9 cm³/mol. The summed E-state index contributed by atoms with van der Waals surface area (Å²) in [5.41, 5.74) is 0. The lowest BCUT2D eigenvalue weighted by molar-refractivity contribution is -0.270. The van der Waals surface area contributed by atoms with Crippen LogP contribution in [0.4, 0.5) is 0 Å². The molecule has 8 heteroatoms. The van der Waals surface area contributed by atoms with Gasteiger partial charge < -0.3 is 25.2 Å². The molecule has 104 valence electrons. The number of nitrogens with zero attached hydrogens (tertiary/aromatic N) is 1. The molecule has 1 rings (SSSR count). The van der Waals surface area contributed by atoms with Crippen LogP contribution in [0.15, 0.2) is 0 Å². The maximum Gasteiger partial charge on any atom is 0.229 e. The van der Waals surface area contributed by atoms with Crippen LogP contribution in [-0.2, 0) is 14.3 Å². The molecule has 0 spiro atoms. The lowest BCUT2D eigenvalue weighted by atomic mass is 9.88. The van der Waals surface area contributed by atoms with Gasteiger partial charge in [0.05, 0.1) is 12.7 Å². The molecule has 1 saturated heterocycles. The highest BCUT2D eigenvalue weighted by molar-refractivity contribution is 5.85. The first-order valence-electron chi connectivity index (χ1n) is 5.43. The second-order valence-electron chi connectivity index (χ2n) is 4.21. The summed E-state index contributed by atoms with van der Waals surface area (Å²) in [6.45, 7) is -0.565. The van der Waals surface area contributed by atoms with Crippen molar-refractivity contribution in [2.75, 3.05) is 13.7 Å². The number of rotatable bonds is 4. The first kappa shape index (κ1) is 15.0. The molecule has 1 aliphatic heterocycles. The number of hydrogen-bond acceptors (Lipinski definition) is 7. The van der Waals surface area contributed by atoms with Crippen LogP contribution in [0.3, 0.4) is 0 Å². The molecule has 4 N–H and O–H groups in total. The highest BCUT2D eigenvalue weighted by Crippen LogP contribution is 2.27. The minimum absolute atomic E-state index is 0.303. The molecule has 0 aromatic heterocycles. The van der Waals surface area contributed by atoms with Gasteiger partial charge in [0, 0.05) is 19.4 Å². The van der Waals surface area contributed by atoms with E-state index < -0.39 is 43.0 Å². The van der Waals surface area contributed by atoms with E-state index in [0.29, 0.717) is 6.41 Å². The Bertz CT molecular complexity index is 311. The molecule has 1 heterocycles. The molecule has 1 fully saturated rings. The monoisotopic (exact) mass is 263 g/mol. The quantitative estimate of drug-likeness (QED) is 0.399. The lowest BCUT2D eigenvalue weighted by Crippen LogP contribution is -2.56. The molecule has 0 aromatic rings. The average Bonchev–Trinajstić information content (AvgIpc) is 2.37. The second-order valence-corrected chi connectivity index (χ2v) is 4.21. The van der Waals surface area contributed by atoms with Gasteiger partial charge in [-0.1, -0.05) is 0 Å². The second kappa shape index (κ2) is 6.21. The summed E-state index contributed by atoms with van der Waals surface area (Å²) < 4.78 is 4.88. The minimum atomic E-state index is -1.50. The largest absolute Gasteiger partial charge is 0.394 e. The zero-order chi connectivity index (χ0) is 13.9. The van der Waals surface area contributed by atoms with Gasteiger partial charge in [-0.3, -0.25) is 14.5 Å². The van der Waals surface area contributed by atoms with Gasteiger partial charge in [-0.25, -0.2) is 0 Å². The SMILES string of the molecule is CN(C=O)C(=O)C[C@@H]1[C@@H](O)[C@H](O)[C@@H](CO)O[C@H]1O. The van der Waals surface area contributed by atoms with Crippen molar-refractivity contribution in [2.45, 2.75) is 31.0 Å². The zero-order valence-corrected chi connectivity index (χ0v) is 9.84. The van der Waals surface area contributed by atoms with Crippen molar-refractivity contribution in [1.29, 1.82) is 0 Å². The van der Waals surface area contributed by atoms with Gasteiger partial charge in [0.15, 0.2) is 6.29 Å². The average molecular weight is 263 g/mol. The molecule has 5 atom stereocenters. The van der Waals surface area contributed by atoms with Crippen molar-refractivity contribution >= 4 is 12.3 Å². The van der Waals surface area contributed by atoms with Gasteiger partial charge in [0.1, 0.15) is 12.2 Å². The molecule has 0 bridgehead atoms. The van der Waals surface area contributed by atoms with E-state index in [1.807, 2.05) is 0 Å². The third kappa shape index (κ3) is 3.03. The Hall–Kier alpha value is -1.06. The Morgan fingerprint density at radius 1 is 1.33 bits per heavy atom. The van der Waals surface area contributed by atoms with Crippen molar-refractivity contribution in [1.82, 2.24) is 4.90 Å². The zero-order valence-electron chi connectivity index (χ0n) is 9.84. The number of hydrogen-bond donors (Lipinski definition) is 4. The molecule has 2 amide bonds. The molecule has 0 radical (unpaired) electrons. The summed E-state index contributed by atoms with van der Waals surface area (Å²) in [5.74, 6) is -1.68. The Kier molecular flexibility index (Phi) is 5.17. The molecule has 0 aliphatic carbocycles. The van der Waals surface area contributed by atoms with E-state index in [4.69, 9.17) is 9.84 Å². The van der Waals surface area contributed by atoms with E-state index in [1.54, 1.807) is 0 Å². The smallest absolute Gasteiger partial charge is 0.229 e. The van der Waals surface area contributed by atoms with Crippen LogP contribution >= 0.6 is 0 Å². The van der Waals surface area contributed by atoms with Crippen LogP contribution < -0.4 is 0 Å². The molecule has 18 heavy (non-hydrogen) atoms. The van der Waals surface area contributed by atoms with E-state index in [0.717, 1.165) is 4.90 Å². The van der Waals surface area contributed by atoms with Gasteiger partial charge in [-0.15, -0.1) is 0 Å². The molecule has 0 unspecified atom stereocenters. The third-order valence-corrected chi connectivity index (χ3v) is 2.99. The summed E-state index contributed by atoms with van der Waals surface area (Å²) in [5, 5.41) is 37.8. The van der Waals surface area contributed by atoms with Crippen LogP contribution in [0.2, 0.25) is 0 Å². The normalized spacial score (nSPS) is 36.2. The highest BCUT2D eigenvalue weighted by atomic mass is 16.6. The standard InChI is InChI=1S/C10H17NO7/c1-11(4-13)7(14)2-5-8(15)9(16)6(3-12)18-10(5)17/h4-6,8-10,12,15-17H,2-3H2,1H3/t5-,6-,8-,9-,10-/m1/s1. The number of aliphatic hydroxyl groups is 4. The number of aliphatic hydroxyl groups excluding tert-OH is 4. The van der Waals surface area contributed by atoms with E-state index in [2.05, 4.69) is 0 Å². The minimum Gasteiger partial charge on any atom is -0.394 e. The van der Waals surface area contributed by atoms with Crippen molar-refractivity contribution < 1.29 is 34.8 Å². The molecule has 0 aromatic carbocycles. The number of carbonyl (C=O) groups is 2. The number of carbonyl (C=O) groups excluding carboxylic acids is 2. The van der Waals surface area contributed by atoms with Crippen LogP contribution in [0.5, 0.6) is 0 Å². The molecule has 8 nitrogen and oxygen atoms in total. The first-order chi connectivity index (χ1) is 8.42. The Labute approximate surface area is 103 Å². The fourth-order valence-corrected chi connectivity index (χ4v) is 1.78. The van der Waals surface area contributed by atoms with Crippen molar-refractivity contribution in [3.05, 3.63) is 0 Å². The topological polar surface area (TPSA) is 128 Å². The highest BCUT2D eigenvalue weighted by Gasteiger charge is 2.44. The summed E-state index contributed by atoms with van der Waals surface area (Å²) >= 11 is 0. The lowest BCUT2D eigenvalue weighted by Gasteiger charge is -2.40. The number of imide groups is 1. The Morgan fingerprint density at radius 3 is 2.44 bits per heavy atom. The van der Waals surface area contributed by atoms with E-state index in [1.165, 1.54) is 7.05 Å². The van der Waals surface area contributed by atoms with Crippen LogP contribution in [0.1, 0.15) is 6.42 Å². The van der Waals surface area contributed by atoms with Gasteiger partial charge in [0.2, 0.25) is 12.3 Å². The van der Waals surface area contributed by atoms with Gasteiger partial charge >= 0.3 is 0 Å². The summed E-state index contributed by atoms with van der Waals surface area (Å²) in [6, 6.07) is 0. The third-order valence-electron chi connectivity index (χ3n) is 2.99. The summed E-state index contributed by atoms with van der Waals surface area (Å²) in [7, 11) is 1.24.